The molecule has 18 heavy (non-hydrogen) atoms. The first-order valence-corrected chi connectivity index (χ1v) is 6.60. The maximum Gasteiger partial charge on any atom is 0.0988 e. The van der Waals surface area contributed by atoms with Crippen LogP contribution in [0.3, 0.4) is 0 Å². The van der Waals surface area contributed by atoms with Gasteiger partial charge in [-0.15, -0.1) is 0 Å². The Labute approximate surface area is 110 Å². The van der Waals surface area contributed by atoms with E-state index < -0.39 is 0 Å². The maximum absolute atomic E-state index is 5.94. The minimum atomic E-state index is -0.117. The highest BCUT2D eigenvalue weighted by atomic mass is 16.5. The van der Waals surface area contributed by atoms with Crippen LogP contribution in [0.5, 0.6) is 0 Å². The molecule has 2 atom stereocenters. The molecule has 0 radical (unpaired) electrons. The van der Waals surface area contributed by atoms with E-state index in [1.165, 1.54) is 0 Å². The van der Waals surface area contributed by atoms with Gasteiger partial charge in [0.1, 0.15) is 0 Å². The van der Waals surface area contributed by atoms with Crippen LogP contribution in [0.15, 0.2) is 24.5 Å². The van der Waals surface area contributed by atoms with Crippen molar-refractivity contribution in [2.75, 3.05) is 19.8 Å². The van der Waals surface area contributed by atoms with Crippen molar-refractivity contribution in [2.24, 2.45) is 5.73 Å². The van der Waals surface area contributed by atoms with Crippen LogP contribution in [-0.2, 0) is 9.47 Å². The Bertz CT molecular complexity index is 304. The zero-order chi connectivity index (χ0) is 13.2. The van der Waals surface area contributed by atoms with E-state index in [1.54, 1.807) is 12.4 Å². The van der Waals surface area contributed by atoms with Gasteiger partial charge in [-0.1, -0.05) is 19.4 Å². The number of pyridine rings is 1. The fourth-order valence-corrected chi connectivity index (χ4v) is 1.68. The number of nitrogens with two attached hydrogens (primary N) is 1. The molecule has 1 aromatic rings. The standard InChI is InChI=1S/C14H24N2O2/c1-3-4-8-17-9-10-18-14(12(2)15)13-6-5-7-16-11-13/h5-7,11-12,14H,3-4,8-10,15H2,1-2H3. The average molecular weight is 252 g/mol. The summed E-state index contributed by atoms with van der Waals surface area (Å²) in [5.41, 5.74) is 6.95. The molecule has 0 aromatic carbocycles. The van der Waals surface area contributed by atoms with Crippen molar-refractivity contribution in [1.29, 1.82) is 0 Å². The number of rotatable bonds is 9. The lowest BCUT2D eigenvalue weighted by Crippen LogP contribution is -2.28. The quantitative estimate of drug-likeness (QED) is 0.685. The van der Waals surface area contributed by atoms with E-state index in [-0.39, 0.29) is 12.1 Å². The molecule has 1 aromatic heterocycles. The Balaban J connectivity index is 2.31. The normalized spacial score (nSPS) is 14.4. The number of nitrogens with zero attached hydrogens (tertiary/aromatic N) is 1. The fraction of sp³-hybridized carbons (Fsp3) is 0.643. The first-order valence-electron chi connectivity index (χ1n) is 6.60. The Hall–Kier alpha value is -0.970. The van der Waals surface area contributed by atoms with E-state index in [1.807, 2.05) is 19.1 Å². The smallest absolute Gasteiger partial charge is 0.0988 e. The second-order valence-corrected chi connectivity index (χ2v) is 4.40. The van der Waals surface area contributed by atoms with Gasteiger partial charge in [-0.05, 0) is 19.4 Å². The number of aromatic nitrogens is 1. The number of ether oxygens (including phenoxy) is 2. The summed E-state index contributed by atoms with van der Waals surface area (Å²) in [5.74, 6) is 0. The van der Waals surface area contributed by atoms with Gasteiger partial charge < -0.3 is 15.2 Å². The van der Waals surface area contributed by atoms with Crippen molar-refractivity contribution in [3.8, 4) is 0 Å². The van der Waals surface area contributed by atoms with Gasteiger partial charge in [-0.2, -0.15) is 0 Å². The van der Waals surface area contributed by atoms with Gasteiger partial charge in [0.2, 0.25) is 0 Å². The van der Waals surface area contributed by atoms with Gasteiger partial charge in [0.25, 0.3) is 0 Å². The summed E-state index contributed by atoms with van der Waals surface area (Å²) in [6.07, 6.45) is 5.67. The van der Waals surface area contributed by atoms with E-state index >= 15 is 0 Å². The number of hydrogen-bond acceptors (Lipinski definition) is 4. The van der Waals surface area contributed by atoms with Crippen molar-refractivity contribution in [1.82, 2.24) is 4.98 Å². The molecule has 0 aliphatic heterocycles. The molecule has 1 heterocycles. The molecule has 0 saturated carbocycles. The summed E-state index contributed by atoms with van der Waals surface area (Å²) in [7, 11) is 0. The van der Waals surface area contributed by atoms with Gasteiger partial charge in [0, 0.05) is 30.6 Å². The summed E-state index contributed by atoms with van der Waals surface area (Å²) in [6.45, 7) is 6.06. The van der Waals surface area contributed by atoms with Crippen molar-refractivity contribution in [3.05, 3.63) is 30.1 Å². The largest absolute Gasteiger partial charge is 0.379 e. The van der Waals surface area contributed by atoms with Crippen LogP contribution in [0, 0.1) is 0 Å². The highest BCUT2D eigenvalue weighted by molar-refractivity contribution is 5.13. The molecule has 1 rings (SSSR count). The highest BCUT2D eigenvalue weighted by Crippen LogP contribution is 2.18. The molecule has 102 valence electrons. The van der Waals surface area contributed by atoms with Crippen molar-refractivity contribution in [3.63, 3.8) is 0 Å². The van der Waals surface area contributed by atoms with E-state index in [0.29, 0.717) is 13.2 Å². The van der Waals surface area contributed by atoms with Crippen molar-refractivity contribution in [2.45, 2.75) is 38.8 Å². The molecular weight excluding hydrogens is 228 g/mol. The minimum absolute atomic E-state index is 0.0650. The molecule has 0 bridgehead atoms. The molecule has 4 nitrogen and oxygen atoms in total. The SMILES string of the molecule is CCCCOCCOC(c1cccnc1)C(C)N. The predicted molar refractivity (Wildman–Crippen MR) is 72.3 cm³/mol. The van der Waals surface area contributed by atoms with Crippen LogP contribution in [0.4, 0.5) is 0 Å². The van der Waals surface area contributed by atoms with Gasteiger partial charge >= 0.3 is 0 Å². The monoisotopic (exact) mass is 252 g/mol. The van der Waals surface area contributed by atoms with E-state index in [0.717, 1.165) is 25.0 Å². The third-order valence-corrected chi connectivity index (χ3v) is 2.66. The van der Waals surface area contributed by atoms with Crippen molar-refractivity contribution < 1.29 is 9.47 Å². The molecule has 0 aliphatic carbocycles. The molecule has 0 aliphatic rings. The van der Waals surface area contributed by atoms with Crippen LogP contribution in [-0.4, -0.2) is 30.8 Å². The van der Waals surface area contributed by atoms with Crippen molar-refractivity contribution >= 4 is 0 Å². The van der Waals surface area contributed by atoms with E-state index in [4.69, 9.17) is 15.2 Å². The predicted octanol–water partition coefficient (Wildman–Crippen LogP) is 2.30. The molecule has 2 N–H and O–H groups in total. The fourth-order valence-electron chi connectivity index (χ4n) is 1.68. The molecule has 0 fully saturated rings. The van der Waals surface area contributed by atoms with Crippen LogP contribution in [0.25, 0.3) is 0 Å². The van der Waals surface area contributed by atoms with Crippen LogP contribution in [0.2, 0.25) is 0 Å². The van der Waals surface area contributed by atoms with Crippen LogP contribution >= 0.6 is 0 Å². The number of hydrogen-bond donors (Lipinski definition) is 1. The van der Waals surface area contributed by atoms with Gasteiger partial charge in [-0.3, -0.25) is 4.98 Å². The average Bonchev–Trinajstić information content (AvgIpc) is 2.38. The Kier molecular flexibility index (Phi) is 7.57. The summed E-state index contributed by atoms with van der Waals surface area (Å²) in [4.78, 5) is 4.09. The van der Waals surface area contributed by atoms with E-state index in [9.17, 15) is 0 Å². The molecule has 2 unspecified atom stereocenters. The Morgan fingerprint density at radius 3 is 2.78 bits per heavy atom. The first-order chi connectivity index (χ1) is 8.75. The second kappa shape index (κ2) is 9.03. The summed E-state index contributed by atoms with van der Waals surface area (Å²) in [6, 6.07) is 3.81. The summed E-state index contributed by atoms with van der Waals surface area (Å²) < 4.78 is 11.2. The first kappa shape index (κ1) is 15.1. The molecule has 4 heteroatoms. The molecule has 0 saturated heterocycles. The van der Waals surface area contributed by atoms with Crippen LogP contribution < -0.4 is 5.73 Å². The summed E-state index contributed by atoms with van der Waals surface area (Å²) in [5, 5.41) is 0. The van der Waals surface area contributed by atoms with Gasteiger partial charge in [-0.25, -0.2) is 0 Å². The second-order valence-electron chi connectivity index (χ2n) is 4.40. The third-order valence-electron chi connectivity index (χ3n) is 2.66. The molecule has 0 amide bonds. The highest BCUT2D eigenvalue weighted by Gasteiger charge is 2.16. The minimum Gasteiger partial charge on any atom is -0.379 e. The maximum atomic E-state index is 5.94. The summed E-state index contributed by atoms with van der Waals surface area (Å²) >= 11 is 0. The Morgan fingerprint density at radius 1 is 1.33 bits per heavy atom. The van der Waals surface area contributed by atoms with Gasteiger partial charge in [0.05, 0.1) is 19.3 Å². The van der Waals surface area contributed by atoms with Gasteiger partial charge in [0.15, 0.2) is 0 Å². The molecule has 0 spiro atoms. The third kappa shape index (κ3) is 5.58. The Morgan fingerprint density at radius 2 is 2.17 bits per heavy atom. The topological polar surface area (TPSA) is 57.4 Å². The zero-order valence-corrected chi connectivity index (χ0v) is 11.3. The molecular formula is C14H24N2O2. The lowest BCUT2D eigenvalue weighted by molar-refractivity contribution is -0.00542. The lowest BCUT2D eigenvalue weighted by atomic mass is 10.1. The van der Waals surface area contributed by atoms with Crippen LogP contribution in [0.1, 0.15) is 38.4 Å². The lowest BCUT2D eigenvalue weighted by Gasteiger charge is -2.21. The zero-order valence-electron chi connectivity index (χ0n) is 11.3. The van der Waals surface area contributed by atoms with E-state index in [2.05, 4.69) is 11.9 Å². The number of unbranched alkanes of at least 4 members (excludes halogenated alkanes) is 1.